The van der Waals surface area contributed by atoms with Crippen LogP contribution in [0, 0.1) is 17.8 Å². The van der Waals surface area contributed by atoms with Crippen LogP contribution in [-0.2, 0) is 6.42 Å². The Kier molecular flexibility index (Phi) is 3.69. The van der Waals surface area contributed by atoms with Crippen molar-refractivity contribution in [2.75, 3.05) is 6.54 Å². The van der Waals surface area contributed by atoms with Gasteiger partial charge in [0.1, 0.15) is 5.82 Å². The molecule has 3 heteroatoms. The first-order valence-electron chi connectivity index (χ1n) is 7.56. The number of aromatic nitrogens is 2. The third kappa shape index (κ3) is 2.61. The topological polar surface area (TPSA) is 40.7 Å². The molecular weight excluding hydrogens is 222 g/mol. The standard InChI is InChI=1S/C15H25N3/c1-2-16-14(10-15-17-5-6-18-15)9-13-8-11-3-4-12(13)7-11/h5-6,11-14,16H,2-4,7-10H2,1H3,(H,17,18). The first kappa shape index (κ1) is 12.2. The number of rotatable bonds is 6. The third-order valence-electron chi connectivity index (χ3n) is 4.96. The van der Waals surface area contributed by atoms with Crippen molar-refractivity contribution >= 4 is 0 Å². The summed E-state index contributed by atoms with van der Waals surface area (Å²) in [7, 11) is 0. The number of hydrogen-bond acceptors (Lipinski definition) is 2. The largest absolute Gasteiger partial charge is 0.349 e. The van der Waals surface area contributed by atoms with Crippen molar-refractivity contribution in [3.63, 3.8) is 0 Å². The number of nitrogens with zero attached hydrogens (tertiary/aromatic N) is 1. The van der Waals surface area contributed by atoms with Crippen LogP contribution in [0.2, 0.25) is 0 Å². The molecule has 3 rings (SSSR count). The zero-order valence-electron chi connectivity index (χ0n) is 11.4. The Hall–Kier alpha value is -0.830. The molecule has 1 aromatic rings. The lowest BCUT2D eigenvalue weighted by Gasteiger charge is -2.26. The monoisotopic (exact) mass is 247 g/mol. The Balaban J connectivity index is 1.56. The summed E-state index contributed by atoms with van der Waals surface area (Å²) in [6, 6.07) is 0.602. The van der Waals surface area contributed by atoms with Gasteiger partial charge < -0.3 is 10.3 Å². The third-order valence-corrected chi connectivity index (χ3v) is 4.96. The highest BCUT2D eigenvalue weighted by Crippen LogP contribution is 2.49. The summed E-state index contributed by atoms with van der Waals surface area (Å²) < 4.78 is 0. The summed E-state index contributed by atoms with van der Waals surface area (Å²) >= 11 is 0. The molecule has 2 fully saturated rings. The van der Waals surface area contributed by atoms with Crippen molar-refractivity contribution in [1.29, 1.82) is 0 Å². The van der Waals surface area contributed by atoms with Crippen molar-refractivity contribution in [3.05, 3.63) is 18.2 Å². The number of hydrogen-bond donors (Lipinski definition) is 2. The van der Waals surface area contributed by atoms with E-state index >= 15 is 0 Å². The molecule has 2 aliphatic rings. The molecule has 0 aromatic carbocycles. The molecule has 100 valence electrons. The lowest BCUT2D eigenvalue weighted by atomic mass is 9.83. The van der Waals surface area contributed by atoms with Gasteiger partial charge >= 0.3 is 0 Å². The van der Waals surface area contributed by atoms with E-state index in [4.69, 9.17) is 0 Å². The van der Waals surface area contributed by atoms with Crippen molar-refractivity contribution in [2.45, 2.75) is 51.5 Å². The van der Waals surface area contributed by atoms with Crippen LogP contribution in [0.4, 0.5) is 0 Å². The fraction of sp³-hybridized carbons (Fsp3) is 0.800. The van der Waals surface area contributed by atoms with Crippen LogP contribution in [0.15, 0.2) is 12.4 Å². The first-order chi connectivity index (χ1) is 8.85. The van der Waals surface area contributed by atoms with Crippen molar-refractivity contribution in [2.24, 2.45) is 17.8 Å². The normalized spacial score (nSPS) is 31.9. The second-order valence-electron chi connectivity index (χ2n) is 6.17. The highest BCUT2D eigenvalue weighted by Gasteiger charge is 2.40. The zero-order valence-corrected chi connectivity index (χ0v) is 11.4. The summed E-state index contributed by atoms with van der Waals surface area (Å²) in [6.07, 6.45) is 12.2. The molecule has 4 atom stereocenters. The van der Waals surface area contributed by atoms with Gasteiger partial charge in [-0.2, -0.15) is 0 Å². The van der Waals surface area contributed by atoms with E-state index in [1.807, 2.05) is 12.4 Å². The average Bonchev–Trinajstić information content (AvgIpc) is 3.05. The fourth-order valence-electron chi connectivity index (χ4n) is 4.20. The minimum absolute atomic E-state index is 0.602. The smallest absolute Gasteiger partial charge is 0.107 e. The van der Waals surface area contributed by atoms with Crippen LogP contribution >= 0.6 is 0 Å². The van der Waals surface area contributed by atoms with Gasteiger partial charge in [-0.1, -0.05) is 13.3 Å². The van der Waals surface area contributed by atoms with Crippen LogP contribution in [0.25, 0.3) is 0 Å². The average molecular weight is 247 g/mol. The molecule has 0 aliphatic heterocycles. The van der Waals surface area contributed by atoms with Gasteiger partial charge in [0.15, 0.2) is 0 Å². The van der Waals surface area contributed by atoms with Crippen LogP contribution in [-0.4, -0.2) is 22.6 Å². The van der Waals surface area contributed by atoms with Crippen molar-refractivity contribution < 1.29 is 0 Å². The summed E-state index contributed by atoms with van der Waals surface area (Å²) in [4.78, 5) is 7.60. The van der Waals surface area contributed by atoms with Crippen LogP contribution < -0.4 is 5.32 Å². The van der Waals surface area contributed by atoms with E-state index in [-0.39, 0.29) is 0 Å². The van der Waals surface area contributed by atoms with Gasteiger partial charge in [0.2, 0.25) is 0 Å². The highest BCUT2D eigenvalue weighted by atomic mass is 14.9. The summed E-state index contributed by atoms with van der Waals surface area (Å²) in [5, 5.41) is 3.65. The van der Waals surface area contributed by atoms with E-state index in [0.717, 1.165) is 36.5 Å². The molecule has 3 nitrogen and oxygen atoms in total. The van der Waals surface area contributed by atoms with Gasteiger partial charge in [0.05, 0.1) is 0 Å². The second kappa shape index (κ2) is 5.43. The highest BCUT2D eigenvalue weighted by molar-refractivity contribution is 4.95. The number of H-pyrrole nitrogens is 1. The molecular formula is C15H25N3. The molecule has 0 saturated heterocycles. The zero-order chi connectivity index (χ0) is 12.4. The Morgan fingerprint density at radius 1 is 1.44 bits per heavy atom. The van der Waals surface area contributed by atoms with Gasteiger partial charge in [0, 0.05) is 24.9 Å². The maximum Gasteiger partial charge on any atom is 0.107 e. The van der Waals surface area contributed by atoms with Gasteiger partial charge in [-0.15, -0.1) is 0 Å². The van der Waals surface area contributed by atoms with Crippen LogP contribution in [0.1, 0.15) is 44.9 Å². The number of nitrogens with one attached hydrogen (secondary N) is 2. The lowest BCUT2D eigenvalue weighted by molar-refractivity contribution is 0.277. The van der Waals surface area contributed by atoms with Crippen LogP contribution in [0.3, 0.4) is 0 Å². The molecule has 2 aliphatic carbocycles. The molecule has 18 heavy (non-hydrogen) atoms. The molecule has 0 amide bonds. The van der Waals surface area contributed by atoms with Gasteiger partial charge in [-0.25, -0.2) is 4.98 Å². The maximum atomic E-state index is 4.37. The number of likely N-dealkylation sites (N-methyl/N-ethyl adjacent to an activating group) is 1. The van der Waals surface area contributed by atoms with E-state index in [1.165, 1.54) is 32.1 Å². The van der Waals surface area contributed by atoms with Gasteiger partial charge in [-0.05, 0) is 50.0 Å². The predicted octanol–water partition coefficient (Wildman–Crippen LogP) is 2.76. The van der Waals surface area contributed by atoms with E-state index < -0.39 is 0 Å². The minimum atomic E-state index is 0.602. The fourth-order valence-corrected chi connectivity index (χ4v) is 4.20. The molecule has 4 unspecified atom stereocenters. The molecule has 2 saturated carbocycles. The van der Waals surface area contributed by atoms with Gasteiger partial charge in [0.25, 0.3) is 0 Å². The minimum Gasteiger partial charge on any atom is -0.349 e. The van der Waals surface area contributed by atoms with E-state index in [9.17, 15) is 0 Å². The summed E-state index contributed by atoms with van der Waals surface area (Å²) in [5.41, 5.74) is 0. The SMILES string of the molecule is CCNC(Cc1ncc[nH]1)CC1CC2CCC1C2. The molecule has 0 spiro atoms. The first-order valence-corrected chi connectivity index (χ1v) is 7.56. The Morgan fingerprint density at radius 2 is 2.39 bits per heavy atom. The number of fused-ring (bicyclic) bond motifs is 2. The summed E-state index contributed by atoms with van der Waals surface area (Å²) in [5.74, 6) is 4.20. The predicted molar refractivity (Wildman–Crippen MR) is 73.3 cm³/mol. The number of aromatic amines is 1. The van der Waals surface area contributed by atoms with Crippen LogP contribution in [0.5, 0.6) is 0 Å². The number of imidazole rings is 1. The molecule has 1 aromatic heterocycles. The maximum absolute atomic E-state index is 4.37. The molecule has 2 N–H and O–H groups in total. The quantitative estimate of drug-likeness (QED) is 0.811. The van der Waals surface area contributed by atoms with Crippen molar-refractivity contribution in [3.8, 4) is 0 Å². The lowest BCUT2D eigenvalue weighted by Crippen LogP contribution is -2.34. The second-order valence-corrected chi connectivity index (χ2v) is 6.17. The molecule has 2 bridgehead atoms. The molecule has 1 heterocycles. The molecule has 0 radical (unpaired) electrons. The Morgan fingerprint density at radius 3 is 3.00 bits per heavy atom. The van der Waals surface area contributed by atoms with E-state index in [1.54, 1.807) is 0 Å². The van der Waals surface area contributed by atoms with E-state index in [2.05, 4.69) is 22.2 Å². The van der Waals surface area contributed by atoms with Crippen molar-refractivity contribution in [1.82, 2.24) is 15.3 Å². The summed E-state index contributed by atoms with van der Waals surface area (Å²) in [6.45, 7) is 3.27. The Labute approximate surface area is 110 Å². The van der Waals surface area contributed by atoms with Gasteiger partial charge in [-0.3, -0.25) is 0 Å². The van der Waals surface area contributed by atoms with E-state index in [0.29, 0.717) is 6.04 Å². The Bertz CT molecular complexity index is 360.